The Morgan fingerprint density at radius 1 is 1.14 bits per heavy atom. The molecule has 0 unspecified atom stereocenters. The summed E-state index contributed by atoms with van der Waals surface area (Å²) in [5.41, 5.74) is 1.62. The molecular formula is C25H24N6O5. The second-order valence-corrected chi connectivity index (χ2v) is 8.05. The molecule has 5 rings (SSSR count). The molecule has 1 N–H and O–H groups in total. The highest BCUT2D eigenvalue weighted by Crippen LogP contribution is 2.29. The minimum atomic E-state index is -0.337. The van der Waals surface area contributed by atoms with Crippen molar-refractivity contribution in [3.8, 4) is 11.5 Å². The second-order valence-electron chi connectivity index (χ2n) is 8.05. The molecule has 0 fully saturated rings. The molecule has 0 aliphatic rings. The summed E-state index contributed by atoms with van der Waals surface area (Å²) in [6.07, 6.45) is 2.06. The van der Waals surface area contributed by atoms with Gasteiger partial charge in [-0.2, -0.15) is 4.98 Å². The average Bonchev–Trinajstić information content (AvgIpc) is 3.48. The minimum Gasteiger partial charge on any atom is -0.497 e. The van der Waals surface area contributed by atoms with Crippen LogP contribution >= 0.6 is 0 Å². The lowest BCUT2D eigenvalue weighted by Crippen LogP contribution is -2.25. The third-order valence-corrected chi connectivity index (χ3v) is 5.85. The zero-order valence-electron chi connectivity index (χ0n) is 20.0. The Morgan fingerprint density at radius 3 is 2.72 bits per heavy atom. The SMILES string of the molecule is CCc1noc(Cn2cnc3c4cc(OC)ccc4n(CC(=O)Nc4ccccc4OC)c3c2=O)n1. The van der Waals surface area contributed by atoms with Crippen molar-refractivity contribution in [3.05, 3.63) is 70.9 Å². The molecule has 0 spiro atoms. The van der Waals surface area contributed by atoms with Gasteiger partial charge < -0.3 is 23.9 Å². The van der Waals surface area contributed by atoms with Gasteiger partial charge in [-0.05, 0) is 30.3 Å². The van der Waals surface area contributed by atoms with Crippen molar-refractivity contribution < 1.29 is 18.8 Å². The van der Waals surface area contributed by atoms with Crippen molar-refractivity contribution in [2.45, 2.75) is 26.4 Å². The number of nitrogens with one attached hydrogen (secondary N) is 1. The van der Waals surface area contributed by atoms with Crippen LogP contribution in [0.4, 0.5) is 5.69 Å². The van der Waals surface area contributed by atoms with E-state index in [-0.39, 0.29) is 30.1 Å². The summed E-state index contributed by atoms with van der Waals surface area (Å²) in [6.45, 7) is 1.86. The first-order valence-corrected chi connectivity index (χ1v) is 11.3. The molecule has 0 aliphatic carbocycles. The van der Waals surface area contributed by atoms with Crippen molar-refractivity contribution in [2.24, 2.45) is 0 Å². The molecule has 36 heavy (non-hydrogen) atoms. The van der Waals surface area contributed by atoms with Crippen LogP contribution in [0, 0.1) is 0 Å². The highest BCUT2D eigenvalue weighted by atomic mass is 16.5. The largest absolute Gasteiger partial charge is 0.497 e. The number of ether oxygens (including phenoxy) is 2. The van der Waals surface area contributed by atoms with Gasteiger partial charge in [-0.1, -0.05) is 24.2 Å². The lowest BCUT2D eigenvalue weighted by Gasteiger charge is -2.12. The number of carbonyl (C=O) groups excluding carboxylic acids is 1. The maximum Gasteiger partial charge on any atom is 0.278 e. The van der Waals surface area contributed by atoms with Crippen molar-refractivity contribution in [3.63, 3.8) is 0 Å². The molecule has 11 nitrogen and oxygen atoms in total. The van der Waals surface area contributed by atoms with E-state index in [1.54, 1.807) is 42.0 Å². The number of fused-ring (bicyclic) bond motifs is 3. The monoisotopic (exact) mass is 488 g/mol. The van der Waals surface area contributed by atoms with Crippen LogP contribution < -0.4 is 20.3 Å². The first-order valence-electron chi connectivity index (χ1n) is 11.3. The van der Waals surface area contributed by atoms with Gasteiger partial charge >= 0.3 is 0 Å². The van der Waals surface area contributed by atoms with Crippen LogP contribution in [0.25, 0.3) is 21.9 Å². The lowest BCUT2D eigenvalue weighted by atomic mass is 10.2. The lowest BCUT2D eigenvalue weighted by molar-refractivity contribution is -0.116. The molecule has 3 heterocycles. The van der Waals surface area contributed by atoms with Crippen LogP contribution in [-0.2, 0) is 24.3 Å². The van der Waals surface area contributed by atoms with E-state index in [0.717, 1.165) is 0 Å². The standard InChI is InChI=1S/C25H24N6O5/c1-4-20-28-22(36-29-20)13-30-14-26-23-16-11-15(34-2)9-10-18(16)31(24(23)25(30)33)12-21(32)27-17-7-5-6-8-19(17)35-3/h5-11,14H,4,12-13H2,1-3H3,(H,27,32). The number of benzene rings is 2. The summed E-state index contributed by atoms with van der Waals surface area (Å²) in [4.78, 5) is 35.6. The molecular weight excluding hydrogens is 464 g/mol. The van der Waals surface area contributed by atoms with Gasteiger partial charge in [0, 0.05) is 11.8 Å². The highest BCUT2D eigenvalue weighted by molar-refractivity contribution is 6.07. The fourth-order valence-corrected chi connectivity index (χ4v) is 4.11. The summed E-state index contributed by atoms with van der Waals surface area (Å²) in [7, 11) is 3.10. The van der Waals surface area contributed by atoms with E-state index in [2.05, 4.69) is 20.4 Å². The molecule has 2 aromatic carbocycles. The average molecular weight is 489 g/mol. The van der Waals surface area contributed by atoms with Gasteiger partial charge in [0.1, 0.15) is 35.6 Å². The number of aryl methyl sites for hydroxylation is 1. The summed E-state index contributed by atoms with van der Waals surface area (Å²) >= 11 is 0. The molecule has 184 valence electrons. The number of nitrogens with zero attached hydrogens (tertiary/aromatic N) is 5. The Labute approximate surface area is 205 Å². The van der Waals surface area contributed by atoms with Crippen LogP contribution in [0.3, 0.4) is 0 Å². The number of amides is 1. The van der Waals surface area contributed by atoms with Crippen molar-refractivity contribution >= 4 is 33.5 Å². The second kappa shape index (κ2) is 9.53. The first kappa shape index (κ1) is 23.1. The summed E-state index contributed by atoms with van der Waals surface area (Å²) < 4.78 is 19.0. The third kappa shape index (κ3) is 4.15. The minimum absolute atomic E-state index is 0.0625. The summed E-state index contributed by atoms with van der Waals surface area (Å²) in [5, 5.41) is 7.45. The van der Waals surface area contributed by atoms with Crippen LogP contribution in [0.2, 0.25) is 0 Å². The molecule has 0 saturated heterocycles. The van der Waals surface area contributed by atoms with E-state index < -0.39 is 0 Å². The number of methoxy groups -OCH3 is 2. The van der Waals surface area contributed by atoms with Gasteiger partial charge in [0.05, 0.1) is 31.8 Å². The van der Waals surface area contributed by atoms with Crippen molar-refractivity contribution in [1.82, 2.24) is 24.3 Å². The number of anilines is 1. The quantitative estimate of drug-likeness (QED) is 0.353. The predicted octanol–water partition coefficient (Wildman–Crippen LogP) is 3.00. The molecule has 0 aliphatic heterocycles. The van der Waals surface area contributed by atoms with Crippen LogP contribution in [0.1, 0.15) is 18.6 Å². The van der Waals surface area contributed by atoms with Gasteiger partial charge in [0.25, 0.3) is 5.56 Å². The fraction of sp³-hybridized carbons (Fsp3) is 0.240. The Morgan fingerprint density at radius 2 is 1.97 bits per heavy atom. The first-order chi connectivity index (χ1) is 17.5. The summed E-state index contributed by atoms with van der Waals surface area (Å²) in [6, 6.07) is 12.5. The van der Waals surface area contributed by atoms with Crippen LogP contribution in [0.15, 0.2) is 58.1 Å². The molecule has 0 bridgehead atoms. The summed E-state index contributed by atoms with van der Waals surface area (Å²) in [5.74, 6) is 1.68. The Balaban J connectivity index is 1.60. The van der Waals surface area contributed by atoms with Gasteiger partial charge in [-0.25, -0.2) is 4.98 Å². The van der Waals surface area contributed by atoms with Crippen LogP contribution in [0.5, 0.6) is 11.5 Å². The van der Waals surface area contributed by atoms with Gasteiger partial charge in [-0.15, -0.1) is 0 Å². The Kier molecular flexibility index (Phi) is 6.11. The number of rotatable bonds is 8. The fourth-order valence-electron chi connectivity index (χ4n) is 4.11. The van der Waals surface area contributed by atoms with Crippen molar-refractivity contribution in [1.29, 1.82) is 0 Å². The third-order valence-electron chi connectivity index (χ3n) is 5.85. The number of hydrogen-bond acceptors (Lipinski definition) is 8. The van der Waals surface area contributed by atoms with E-state index in [4.69, 9.17) is 14.0 Å². The number of aromatic nitrogens is 5. The molecule has 3 aromatic heterocycles. The van der Waals surface area contributed by atoms with Gasteiger partial charge in [-0.3, -0.25) is 14.2 Å². The molecule has 0 saturated carbocycles. The maximum absolute atomic E-state index is 13.6. The van der Waals surface area contributed by atoms with E-state index in [0.29, 0.717) is 51.7 Å². The number of para-hydroxylation sites is 2. The van der Waals surface area contributed by atoms with Gasteiger partial charge in [0.15, 0.2) is 5.82 Å². The Hall–Kier alpha value is -4.67. The van der Waals surface area contributed by atoms with Gasteiger partial charge in [0.2, 0.25) is 11.8 Å². The Bertz CT molecular complexity index is 1630. The zero-order chi connectivity index (χ0) is 25.2. The topological polar surface area (TPSA) is 126 Å². The van der Waals surface area contributed by atoms with E-state index in [1.807, 2.05) is 19.1 Å². The molecule has 0 radical (unpaired) electrons. The molecule has 5 aromatic rings. The molecule has 11 heteroatoms. The predicted molar refractivity (Wildman–Crippen MR) is 132 cm³/mol. The van der Waals surface area contributed by atoms with E-state index >= 15 is 0 Å². The number of carbonyl (C=O) groups is 1. The maximum atomic E-state index is 13.6. The normalized spacial score (nSPS) is 11.2. The van der Waals surface area contributed by atoms with E-state index in [9.17, 15) is 9.59 Å². The smallest absolute Gasteiger partial charge is 0.278 e. The number of hydrogen-bond donors (Lipinski definition) is 1. The van der Waals surface area contributed by atoms with E-state index in [1.165, 1.54) is 18.0 Å². The molecule has 0 atom stereocenters. The molecule has 1 amide bonds. The van der Waals surface area contributed by atoms with Crippen molar-refractivity contribution in [2.75, 3.05) is 19.5 Å². The highest BCUT2D eigenvalue weighted by Gasteiger charge is 2.20. The van der Waals surface area contributed by atoms with Crippen LogP contribution in [-0.4, -0.2) is 44.4 Å². The zero-order valence-corrected chi connectivity index (χ0v) is 20.0.